The standard InChI is InChI=1S/C48H53N9O7/c58-29-39-34-16-22-56(27-30-14-18-49-19-15-30)45(34)36-26-32(10-11-37(36)52-39)31-5-1-6-33(25-31)51-41(59)9-3-21-55-24-23-54(28-43(55)61)20-4-17-50-38-8-2-7-35-44(38)48(64)57(47(35)63)40-12-13-42(60)53-46(40)62/h1-2,5-8,10-11,14-15,18-19,25-26,34,39-40,45,50,52,58H,3-4,9,12-13,16-17,20-24,27-29H2,(H,51,59)(H,53,60,62)/t34-,39-,40?,45-/m1/s1. The molecule has 0 radical (unpaired) electrons. The number of carbonyl (C=O) groups is 6. The highest BCUT2D eigenvalue weighted by atomic mass is 16.3. The molecule has 16 heteroatoms. The lowest BCUT2D eigenvalue weighted by atomic mass is 9.82. The Bertz CT molecular complexity index is 2460. The van der Waals surface area contributed by atoms with Crippen LogP contribution < -0.4 is 21.3 Å². The fourth-order valence-corrected chi connectivity index (χ4v) is 10.0. The van der Waals surface area contributed by atoms with Crippen molar-refractivity contribution in [2.45, 2.75) is 63.2 Å². The van der Waals surface area contributed by atoms with Crippen LogP contribution in [0.25, 0.3) is 11.1 Å². The zero-order chi connectivity index (χ0) is 44.3. The highest BCUT2D eigenvalue weighted by Crippen LogP contribution is 2.48. The number of aromatic nitrogens is 1. The molecule has 0 aliphatic carbocycles. The molecule has 5 aliphatic heterocycles. The van der Waals surface area contributed by atoms with Crippen LogP contribution in [0, 0.1) is 5.92 Å². The molecule has 16 nitrogen and oxygen atoms in total. The summed E-state index contributed by atoms with van der Waals surface area (Å²) in [5.41, 5.74) is 7.16. The van der Waals surface area contributed by atoms with E-state index in [1.54, 1.807) is 18.2 Å². The van der Waals surface area contributed by atoms with E-state index >= 15 is 0 Å². The molecule has 3 saturated heterocycles. The number of aliphatic hydroxyl groups excluding tert-OH is 1. The van der Waals surface area contributed by atoms with Crippen LogP contribution in [0.5, 0.6) is 0 Å². The lowest BCUT2D eigenvalue weighted by Crippen LogP contribution is -2.54. The number of aliphatic hydroxyl groups is 1. The molecule has 3 fully saturated rings. The zero-order valence-corrected chi connectivity index (χ0v) is 35.6. The molecule has 6 heterocycles. The number of imide groups is 2. The molecule has 1 unspecified atom stereocenters. The van der Waals surface area contributed by atoms with Gasteiger partial charge in [-0.1, -0.05) is 24.3 Å². The summed E-state index contributed by atoms with van der Waals surface area (Å²) in [4.78, 5) is 88.4. The van der Waals surface area contributed by atoms with Crippen molar-refractivity contribution in [2.75, 3.05) is 68.4 Å². The van der Waals surface area contributed by atoms with Crippen LogP contribution in [-0.2, 0) is 25.7 Å². The van der Waals surface area contributed by atoms with E-state index < -0.39 is 29.7 Å². The minimum Gasteiger partial charge on any atom is -0.394 e. The summed E-state index contributed by atoms with van der Waals surface area (Å²) in [6, 6.07) is 22.5. The summed E-state index contributed by atoms with van der Waals surface area (Å²) < 4.78 is 0. The van der Waals surface area contributed by atoms with E-state index in [0.29, 0.717) is 56.9 Å². The van der Waals surface area contributed by atoms with Gasteiger partial charge in [-0.15, -0.1) is 0 Å². The molecule has 1 aromatic heterocycles. The van der Waals surface area contributed by atoms with Crippen LogP contribution in [0.1, 0.15) is 76.4 Å². The largest absolute Gasteiger partial charge is 0.394 e. The van der Waals surface area contributed by atoms with Crippen LogP contribution >= 0.6 is 0 Å². The third-order valence-electron chi connectivity index (χ3n) is 13.3. The number of carbonyl (C=O) groups excluding carboxylic acids is 6. The van der Waals surface area contributed by atoms with Crippen LogP contribution in [-0.4, -0.2) is 130 Å². The van der Waals surface area contributed by atoms with Crippen molar-refractivity contribution in [1.29, 1.82) is 0 Å². The van der Waals surface area contributed by atoms with E-state index in [-0.39, 0.29) is 73.4 Å². The number of nitrogens with one attached hydrogen (secondary N) is 4. The molecule has 4 atom stereocenters. The predicted octanol–water partition coefficient (Wildman–Crippen LogP) is 3.86. The van der Waals surface area contributed by atoms with E-state index in [0.717, 1.165) is 41.2 Å². The minimum absolute atomic E-state index is 0.00896. The monoisotopic (exact) mass is 867 g/mol. The molecule has 0 saturated carbocycles. The number of pyridine rings is 1. The molecule has 5 N–H and O–H groups in total. The van der Waals surface area contributed by atoms with Gasteiger partial charge in [-0.05, 0) is 103 Å². The van der Waals surface area contributed by atoms with Crippen molar-refractivity contribution >= 4 is 52.5 Å². The number of anilines is 3. The highest BCUT2D eigenvalue weighted by molar-refractivity contribution is 6.25. The normalized spacial score (nSPS) is 22.2. The number of benzene rings is 3. The summed E-state index contributed by atoms with van der Waals surface area (Å²) in [5.74, 6) is -1.99. The maximum absolute atomic E-state index is 13.4. The average molecular weight is 868 g/mol. The molecule has 6 amide bonds. The number of likely N-dealkylation sites (tertiary alicyclic amines) is 1. The Hall–Kier alpha value is -6.49. The van der Waals surface area contributed by atoms with Gasteiger partial charge < -0.3 is 26.0 Å². The first kappa shape index (κ1) is 42.8. The topological polar surface area (TPSA) is 197 Å². The molecule has 64 heavy (non-hydrogen) atoms. The zero-order valence-electron chi connectivity index (χ0n) is 35.6. The quantitative estimate of drug-likeness (QED) is 0.0857. The van der Waals surface area contributed by atoms with Crippen molar-refractivity contribution in [3.05, 3.63) is 107 Å². The lowest BCUT2D eigenvalue weighted by Gasteiger charge is -2.39. The van der Waals surface area contributed by atoms with Gasteiger partial charge in [0.1, 0.15) is 6.04 Å². The second-order valence-electron chi connectivity index (χ2n) is 17.3. The van der Waals surface area contributed by atoms with Crippen molar-refractivity contribution in [3.63, 3.8) is 0 Å². The van der Waals surface area contributed by atoms with Gasteiger partial charge in [0.05, 0.1) is 30.3 Å². The van der Waals surface area contributed by atoms with Gasteiger partial charge >= 0.3 is 0 Å². The van der Waals surface area contributed by atoms with Gasteiger partial charge in [-0.3, -0.25) is 53.8 Å². The molecule has 0 spiro atoms. The number of piperidine rings is 1. The Morgan fingerprint density at radius 3 is 2.50 bits per heavy atom. The molecular weight excluding hydrogens is 815 g/mol. The second-order valence-corrected chi connectivity index (χ2v) is 17.3. The summed E-state index contributed by atoms with van der Waals surface area (Å²) in [6.07, 6.45) is 6.29. The molecular formula is C48H53N9O7. The number of hydrogen-bond acceptors (Lipinski definition) is 12. The summed E-state index contributed by atoms with van der Waals surface area (Å²) in [5, 5.41) is 22.4. The first-order valence-electron chi connectivity index (χ1n) is 22.3. The average Bonchev–Trinajstić information content (AvgIpc) is 3.83. The second kappa shape index (κ2) is 18.7. The van der Waals surface area contributed by atoms with E-state index in [4.69, 9.17) is 0 Å². The number of amides is 6. The fraction of sp³-hybridized carbons (Fsp3) is 0.396. The van der Waals surface area contributed by atoms with Crippen molar-refractivity contribution < 1.29 is 33.9 Å². The van der Waals surface area contributed by atoms with E-state index in [2.05, 4.69) is 66.4 Å². The smallest absolute Gasteiger partial charge is 0.264 e. The SMILES string of the molecule is O=C1CCC(N2C(=O)c3cccc(NCCCN4CCN(CCCC(=O)Nc5cccc(-c6ccc7c(c6)[C@H]6[C@H](CCN6Cc6ccncc6)[C@@H](CO)N7)c5)C(=O)C4)c3C2=O)C(=O)N1. The van der Waals surface area contributed by atoms with Gasteiger partial charge in [0.25, 0.3) is 11.8 Å². The Labute approximate surface area is 371 Å². The van der Waals surface area contributed by atoms with Gasteiger partial charge in [0, 0.05) is 93.5 Å². The maximum atomic E-state index is 13.4. The van der Waals surface area contributed by atoms with Gasteiger partial charge in [-0.25, -0.2) is 0 Å². The van der Waals surface area contributed by atoms with Gasteiger partial charge in [0.2, 0.25) is 23.6 Å². The summed E-state index contributed by atoms with van der Waals surface area (Å²) in [6.45, 7) is 5.00. The van der Waals surface area contributed by atoms with E-state index in [1.165, 1.54) is 11.1 Å². The Balaban J connectivity index is 0.726. The molecule has 9 rings (SSSR count). The van der Waals surface area contributed by atoms with Crippen LogP contribution in [0.2, 0.25) is 0 Å². The van der Waals surface area contributed by atoms with Crippen molar-refractivity contribution in [1.82, 2.24) is 29.9 Å². The minimum atomic E-state index is -1.03. The third-order valence-corrected chi connectivity index (χ3v) is 13.3. The number of fused-ring (bicyclic) bond motifs is 4. The molecule has 0 bridgehead atoms. The Kier molecular flexibility index (Phi) is 12.5. The number of rotatable bonds is 15. The summed E-state index contributed by atoms with van der Waals surface area (Å²) in [7, 11) is 0. The fourth-order valence-electron chi connectivity index (χ4n) is 10.0. The molecule has 5 aliphatic rings. The first-order valence-corrected chi connectivity index (χ1v) is 22.3. The Morgan fingerprint density at radius 1 is 0.859 bits per heavy atom. The van der Waals surface area contributed by atoms with E-state index in [9.17, 15) is 33.9 Å². The van der Waals surface area contributed by atoms with Gasteiger partial charge in [-0.2, -0.15) is 0 Å². The molecule has 4 aromatic rings. The lowest BCUT2D eigenvalue weighted by molar-refractivity contribution is -0.137. The maximum Gasteiger partial charge on any atom is 0.264 e. The molecule has 3 aromatic carbocycles. The van der Waals surface area contributed by atoms with E-state index in [1.807, 2.05) is 41.6 Å². The highest BCUT2D eigenvalue weighted by Gasteiger charge is 2.46. The van der Waals surface area contributed by atoms with Crippen molar-refractivity contribution in [2.24, 2.45) is 5.92 Å². The third kappa shape index (κ3) is 8.85. The van der Waals surface area contributed by atoms with Crippen LogP contribution in [0.15, 0.2) is 85.2 Å². The van der Waals surface area contributed by atoms with Crippen LogP contribution in [0.3, 0.4) is 0 Å². The summed E-state index contributed by atoms with van der Waals surface area (Å²) >= 11 is 0. The predicted molar refractivity (Wildman–Crippen MR) is 239 cm³/mol. The number of nitrogens with zero attached hydrogens (tertiary/aromatic N) is 5. The van der Waals surface area contributed by atoms with Gasteiger partial charge in [0.15, 0.2) is 0 Å². The number of hydrogen-bond donors (Lipinski definition) is 5. The Morgan fingerprint density at radius 2 is 1.69 bits per heavy atom. The first-order chi connectivity index (χ1) is 31.1. The van der Waals surface area contributed by atoms with Crippen molar-refractivity contribution in [3.8, 4) is 11.1 Å². The number of piperazine rings is 1. The molecule has 332 valence electrons. The van der Waals surface area contributed by atoms with Crippen LogP contribution in [0.4, 0.5) is 17.1 Å².